The molecular weight excluding hydrogens is 326 g/mol. The predicted molar refractivity (Wildman–Crippen MR) is 92.6 cm³/mol. The summed E-state index contributed by atoms with van der Waals surface area (Å²) in [7, 11) is 0. The maximum atomic E-state index is 12.4. The summed E-state index contributed by atoms with van der Waals surface area (Å²) in [5.41, 5.74) is 0.962. The zero-order valence-electron chi connectivity index (χ0n) is 12.8. The molecule has 2 aromatic heterocycles. The first-order valence-corrected chi connectivity index (χ1v) is 8.47. The van der Waals surface area contributed by atoms with E-state index in [0.717, 1.165) is 29.9 Å². The van der Waals surface area contributed by atoms with Crippen LogP contribution in [0.25, 0.3) is 10.2 Å². The molecule has 4 rings (SSSR count). The maximum Gasteiger partial charge on any atom is 0.274 e. The van der Waals surface area contributed by atoms with Gasteiger partial charge in [-0.2, -0.15) is 0 Å². The van der Waals surface area contributed by atoms with E-state index in [1.807, 2.05) is 18.2 Å². The first-order chi connectivity index (χ1) is 11.7. The SMILES string of the molecule is O=C(c1c[nH]c(=O)cn1)N1CCN(c2nc3ccccc3s2)CC1. The van der Waals surface area contributed by atoms with Crippen LogP contribution in [0.4, 0.5) is 5.13 Å². The van der Waals surface area contributed by atoms with E-state index in [1.54, 1.807) is 16.2 Å². The second-order valence-corrected chi connectivity index (χ2v) is 6.55. The van der Waals surface area contributed by atoms with Crippen LogP contribution >= 0.6 is 11.3 Å². The molecule has 1 aliphatic rings. The Morgan fingerprint density at radius 1 is 1.17 bits per heavy atom. The average Bonchev–Trinajstić information content (AvgIpc) is 3.06. The number of anilines is 1. The fourth-order valence-corrected chi connectivity index (χ4v) is 3.73. The molecule has 1 saturated heterocycles. The van der Waals surface area contributed by atoms with Crippen molar-refractivity contribution in [2.45, 2.75) is 0 Å². The van der Waals surface area contributed by atoms with Crippen molar-refractivity contribution in [3.8, 4) is 0 Å². The minimum atomic E-state index is -0.313. The number of nitrogens with zero attached hydrogens (tertiary/aromatic N) is 4. The molecule has 8 heteroatoms. The second kappa shape index (κ2) is 6.04. The third-order valence-corrected chi connectivity index (χ3v) is 5.11. The van der Waals surface area contributed by atoms with E-state index in [-0.39, 0.29) is 17.2 Å². The highest BCUT2D eigenvalue weighted by Crippen LogP contribution is 2.29. The normalized spacial score (nSPS) is 15.0. The number of hydrogen-bond donors (Lipinski definition) is 1. The molecule has 1 aromatic carbocycles. The van der Waals surface area contributed by atoms with Crippen molar-refractivity contribution in [3.05, 3.63) is 52.7 Å². The zero-order chi connectivity index (χ0) is 16.5. The molecule has 0 unspecified atom stereocenters. The standard InChI is InChI=1S/C16H15N5O2S/c22-14-10-17-12(9-18-14)15(23)20-5-7-21(8-6-20)16-19-11-3-1-2-4-13(11)24-16/h1-4,9-10H,5-8H2,(H,18,22). The van der Waals surface area contributed by atoms with E-state index in [0.29, 0.717) is 13.1 Å². The van der Waals surface area contributed by atoms with E-state index >= 15 is 0 Å². The van der Waals surface area contributed by atoms with E-state index in [4.69, 9.17) is 0 Å². The molecular formula is C16H15N5O2S. The number of carbonyl (C=O) groups is 1. The van der Waals surface area contributed by atoms with Crippen LogP contribution in [0.1, 0.15) is 10.5 Å². The molecule has 0 aliphatic carbocycles. The van der Waals surface area contributed by atoms with Gasteiger partial charge in [-0.25, -0.2) is 9.97 Å². The summed E-state index contributed by atoms with van der Waals surface area (Å²) in [6, 6.07) is 8.08. The third kappa shape index (κ3) is 2.76. The van der Waals surface area contributed by atoms with Crippen molar-refractivity contribution in [1.82, 2.24) is 19.9 Å². The number of piperazine rings is 1. The molecule has 0 saturated carbocycles. The van der Waals surface area contributed by atoms with Gasteiger partial charge in [0.25, 0.3) is 11.5 Å². The van der Waals surface area contributed by atoms with Crippen LogP contribution in [0.3, 0.4) is 0 Å². The molecule has 3 aromatic rings. The van der Waals surface area contributed by atoms with Crippen molar-refractivity contribution in [2.75, 3.05) is 31.1 Å². The molecule has 1 fully saturated rings. The topological polar surface area (TPSA) is 82.2 Å². The number of aromatic nitrogens is 3. The van der Waals surface area contributed by atoms with Crippen LogP contribution in [0.15, 0.2) is 41.5 Å². The first-order valence-electron chi connectivity index (χ1n) is 7.65. The Kier molecular flexibility index (Phi) is 3.73. The maximum absolute atomic E-state index is 12.4. The highest BCUT2D eigenvalue weighted by molar-refractivity contribution is 7.22. The lowest BCUT2D eigenvalue weighted by atomic mass is 10.3. The molecule has 0 atom stereocenters. The fourth-order valence-electron chi connectivity index (χ4n) is 2.72. The highest BCUT2D eigenvalue weighted by Gasteiger charge is 2.24. The molecule has 1 amide bonds. The number of hydrogen-bond acceptors (Lipinski definition) is 6. The van der Waals surface area contributed by atoms with Gasteiger partial charge in [-0.3, -0.25) is 9.59 Å². The highest BCUT2D eigenvalue weighted by atomic mass is 32.1. The van der Waals surface area contributed by atoms with Gasteiger partial charge in [-0.15, -0.1) is 0 Å². The van der Waals surface area contributed by atoms with Crippen LogP contribution in [0.2, 0.25) is 0 Å². The number of carbonyl (C=O) groups excluding carboxylic acids is 1. The summed E-state index contributed by atoms with van der Waals surface area (Å²) in [6.45, 7) is 2.68. The molecule has 122 valence electrons. The summed E-state index contributed by atoms with van der Waals surface area (Å²) in [5, 5.41) is 0.991. The third-order valence-electron chi connectivity index (χ3n) is 4.01. The van der Waals surface area contributed by atoms with Crippen molar-refractivity contribution in [1.29, 1.82) is 0 Å². The second-order valence-electron chi connectivity index (χ2n) is 5.54. The zero-order valence-corrected chi connectivity index (χ0v) is 13.6. The summed E-state index contributed by atoms with van der Waals surface area (Å²) >= 11 is 1.67. The van der Waals surface area contributed by atoms with Crippen LogP contribution < -0.4 is 10.5 Å². The number of rotatable bonds is 2. The summed E-state index contributed by atoms with van der Waals surface area (Å²) in [6.07, 6.45) is 2.50. The lowest BCUT2D eigenvalue weighted by Gasteiger charge is -2.34. The first kappa shape index (κ1) is 14.8. The molecule has 0 spiro atoms. The molecule has 0 radical (unpaired) electrons. The number of para-hydroxylation sites is 1. The van der Waals surface area contributed by atoms with Gasteiger partial charge < -0.3 is 14.8 Å². The van der Waals surface area contributed by atoms with Gasteiger partial charge in [-0.1, -0.05) is 23.5 Å². The van der Waals surface area contributed by atoms with Gasteiger partial charge in [0.05, 0.1) is 16.4 Å². The largest absolute Gasteiger partial charge is 0.345 e. The lowest BCUT2D eigenvalue weighted by Crippen LogP contribution is -2.49. The van der Waals surface area contributed by atoms with Gasteiger partial charge >= 0.3 is 0 Å². The average molecular weight is 341 g/mol. The minimum Gasteiger partial charge on any atom is -0.345 e. The quantitative estimate of drug-likeness (QED) is 0.761. The number of aromatic amines is 1. The number of fused-ring (bicyclic) bond motifs is 1. The molecule has 7 nitrogen and oxygen atoms in total. The molecule has 24 heavy (non-hydrogen) atoms. The van der Waals surface area contributed by atoms with Crippen LogP contribution in [-0.2, 0) is 0 Å². The van der Waals surface area contributed by atoms with Gasteiger partial charge in [0, 0.05) is 32.4 Å². The van der Waals surface area contributed by atoms with Gasteiger partial charge in [0.15, 0.2) is 5.13 Å². The van der Waals surface area contributed by atoms with Gasteiger partial charge in [0.1, 0.15) is 5.69 Å². The summed E-state index contributed by atoms with van der Waals surface area (Å²) in [4.78, 5) is 38.5. The Hall–Kier alpha value is -2.74. The lowest BCUT2D eigenvalue weighted by molar-refractivity contribution is 0.0740. The van der Waals surface area contributed by atoms with Gasteiger partial charge in [0.2, 0.25) is 0 Å². The fraction of sp³-hybridized carbons (Fsp3) is 0.250. The molecule has 3 heterocycles. The number of H-pyrrole nitrogens is 1. The van der Waals surface area contributed by atoms with Gasteiger partial charge in [-0.05, 0) is 12.1 Å². The van der Waals surface area contributed by atoms with Crippen LogP contribution in [0, 0.1) is 0 Å². The summed E-state index contributed by atoms with van der Waals surface area (Å²) < 4.78 is 1.17. The molecule has 1 aliphatic heterocycles. The summed E-state index contributed by atoms with van der Waals surface area (Å²) in [5.74, 6) is -0.157. The Balaban J connectivity index is 1.45. The molecule has 1 N–H and O–H groups in total. The van der Waals surface area contributed by atoms with E-state index in [9.17, 15) is 9.59 Å². The van der Waals surface area contributed by atoms with Crippen LogP contribution in [-0.4, -0.2) is 51.9 Å². The van der Waals surface area contributed by atoms with Crippen molar-refractivity contribution in [2.24, 2.45) is 0 Å². The van der Waals surface area contributed by atoms with Crippen molar-refractivity contribution < 1.29 is 4.79 Å². The number of thiazole rings is 1. The number of nitrogens with one attached hydrogen (secondary N) is 1. The smallest absolute Gasteiger partial charge is 0.274 e. The number of benzene rings is 1. The Bertz CT molecular complexity index is 889. The molecule has 0 bridgehead atoms. The van der Waals surface area contributed by atoms with E-state index < -0.39 is 0 Å². The van der Waals surface area contributed by atoms with E-state index in [2.05, 4.69) is 25.9 Å². The Morgan fingerprint density at radius 3 is 2.67 bits per heavy atom. The van der Waals surface area contributed by atoms with Crippen molar-refractivity contribution >= 4 is 32.6 Å². The Labute approximate surface area is 141 Å². The van der Waals surface area contributed by atoms with E-state index in [1.165, 1.54) is 10.9 Å². The predicted octanol–water partition coefficient (Wildman–Crippen LogP) is 1.34. The van der Waals surface area contributed by atoms with Crippen LogP contribution in [0.5, 0.6) is 0 Å². The Morgan fingerprint density at radius 2 is 1.96 bits per heavy atom. The monoisotopic (exact) mass is 341 g/mol. The van der Waals surface area contributed by atoms with Crippen molar-refractivity contribution in [3.63, 3.8) is 0 Å². The number of amides is 1. The minimum absolute atomic E-state index is 0.157.